The third-order valence-electron chi connectivity index (χ3n) is 2.55. The lowest BCUT2D eigenvalue weighted by molar-refractivity contribution is 0.733. The molecule has 0 nitrogen and oxygen atoms in total. The van der Waals surface area contributed by atoms with Crippen LogP contribution in [0.3, 0.4) is 0 Å². The molecule has 1 aromatic carbocycles. The van der Waals surface area contributed by atoms with Gasteiger partial charge in [-0.2, -0.15) is 0 Å². The van der Waals surface area contributed by atoms with Crippen LogP contribution in [0.4, 0.5) is 0 Å². The zero-order chi connectivity index (χ0) is 10.6. The third kappa shape index (κ3) is 3.83. The summed E-state index contributed by atoms with van der Waals surface area (Å²) in [5.41, 5.74) is 4.31. The Bertz CT molecular complexity index is 289. The largest absolute Gasteiger partial charge is 0.0894 e. The molecule has 0 N–H and O–H groups in total. The first-order chi connectivity index (χ1) is 6.59. The standard InChI is InChI=1S/C13H19Br/c1-10-7-8-11(2)13(9-10)6-4-5-12(3)14/h7-9,12H,4-6H2,1-3H3. The second kappa shape index (κ2) is 5.55. The summed E-state index contributed by atoms with van der Waals surface area (Å²) in [6, 6.07) is 6.72. The summed E-state index contributed by atoms with van der Waals surface area (Å²) < 4.78 is 0. The fraction of sp³-hybridized carbons (Fsp3) is 0.538. The van der Waals surface area contributed by atoms with E-state index in [0.29, 0.717) is 4.83 Å². The van der Waals surface area contributed by atoms with E-state index in [0.717, 1.165) is 0 Å². The van der Waals surface area contributed by atoms with Gasteiger partial charge in [0.05, 0.1) is 0 Å². The lowest BCUT2D eigenvalue weighted by atomic mass is 10.0. The van der Waals surface area contributed by atoms with Gasteiger partial charge in [-0.15, -0.1) is 0 Å². The molecular weight excluding hydrogens is 236 g/mol. The number of aryl methyl sites for hydroxylation is 3. The molecule has 0 radical (unpaired) electrons. The molecule has 0 spiro atoms. The molecule has 1 unspecified atom stereocenters. The van der Waals surface area contributed by atoms with E-state index in [2.05, 4.69) is 54.9 Å². The second-order valence-corrected chi connectivity index (χ2v) is 5.67. The minimum absolute atomic E-state index is 0.646. The van der Waals surface area contributed by atoms with Crippen LogP contribution >= 0.6 is 15.9 Å². The average Bonchev–Trinajstić information content (AvgIpc) is 2.10. The maximum Gasteiger partial charge on any atom is 0.0117 e. The number of hydrogen-bond acceptors (Lipinski definition) is 0. The second-order valence-electron chi connectivity index (χ2n) is 4.10. The molecule has 0 aliphatic rings. The number of alkyl halides is 1. The van der Waals surface area contributed by atoms with Gasteiger partial charge in [0, 0.05) is 4.83 Å². The van der Waals surface area contributed by atoms with Crippen molar-refractivity contribution in [3.63, 3.8) is 0 Å². The molecule has 1 rings (SSSR count). The summed E-state index contributed by atoms with van der Waals surface area (Å²) in [7, 11) is 0. The first kappa shape index (κ1) is 11.8. The topological polar surface area (TPSA) is 0 Å². The predicted octanol–water partition coefficient (Wildman–Crippen LogP) is 4.41. The fourth-order valence-corrected chi connectivity index (χ4v) is 1.97. The monoisotopic (exact) mass is 254 g/mol. The van der Waals surface area contributed by atoms with Gasteiger partial charge in [0.15, 0.2) is 0 Å². The summed E-state index contributed by atoms with van der Waals surface area (Å²) in [4.78, 5) is 0.646. The van der Waals surface area contributed by atoms with Crippen molar-refractivity contribution in [2.24, 2.45) is 0 Å². The quantitative estimate of drug-likeness (QED) is 0.699. The average molecular weight is 255 g/mol. The van der Waals surface area contributed by atoms with Crippen molar-refractivity contribution in [1.29, 1.82) is 0 Å². The van der Waals surface area contributed by atoms with Crippen LogP contribution in [-0.2, 0) is 6.42 Å². The first-order valence-corrected chi connectivity index (χ1v) is 6.21. The molecule has 0 fully saturated rings. The van der Waals surface area contributed by atoms with Crippen molar-refractivity contribution >= 4 is 15.9 Å². The number of benzene rings is 1. The Kier molecular flexibility index (Phi) is 4.67. The van der Waals surface area contributed by atoms with Crippen LogP contribution in [0.1, 0.15) is 36.5 Å². The van der Waals surface area contributed by atoms with Gasteiger partial charge >= 0.3 is 0 Å². The van der Waals surface area contributed by atoms with E-state index in [1.807, 2.05) is 0 Å². The van der Waals surface area contributed by atoms with E-state index in [-0.39, 0.29) is 0 Å². The molecular formula is C13H19Br. The van der Waals surface area contributed by atoms with Crippen molar-refractivity contribution in [2.45, 2.75) is 44.9 Å². The lowest BCUT2D eigenvalue weighted by Gasteiger charge is -2.07. The molecule has 1 atom stereocenters. The molecule has 14 heavy (non-hydrogen) atoms. The van der Waals surface area contributed by atoms with Crippen LogP contribution in [0.25, 0.3) is 0 Å². The van der Waals surface area contributed by atoms with Crippen LogP contribution in [0.5, 0.6) is 0 Å². The van der Waals surface area contributed by atoms with Crippen LogP contribution in [0.2, 0.25) is 0 Å². The molecule has 0 saturated carbocycles. The lowest BCUT2D eigenvalue weighted by Crippen LogP contribution is -1.95. The maximum atomic E-state index is 3.58. The zero-order valence-corrected chi connectivity index (χ0v) is 10.9. The first-order valence-electron chi connectivity index (χ1n) is 5.30. The van der Waals surface area contributed by atoms with E-state index in [4.69, 9.17) is 0 Å². The Morgan fingerprint density at radius 3 is 2.64 bits per heavy atom. The van der Waals surface area contributed by atoms with Crippen molar-refractivity contribution in [3.8, 4) is 0 Å². The Morgan fingerprint density at radius 2 is 2.00 bits per heavy atom. The Labute approximate surface area is 95.9 Å². The van der Waals surface area contributed by atoms with E-state index >= 15 is 0 Å². The summed E-state index contributed by atoms with van der Waals surface area (Å²) in [6.45, 7) is 6.57. The van der Waals surface area contributed by atoms with Gasteiger partial charge in [-0.05, 0) is 44.2 Å². The van der Waals surface area contributed by atoms with E-state index < -0.39 is 0 Å². The molecule has 1 aromatic rings. The molecule has 0 aliphatic heterocycles. The highest BCUT2D eigenvalue weighted by molar-refractivity contribution is 9.09. The highest BCUT2D eigenvalue weighted by Gasteiger charge is 2.00. The van der Waals surface area contributed by atoms with Crippen molar-refractivity contribution in [3.05, 3.63) is 34.9 Å². The summed E-state index contributed by atoms with van der Waals surface area (Å²) >= 11 is 3.58. The van der Waals surface area contributed by atoms with Crippen molar-refractivity contribution in [2.75, 3.05) is 0 Å². The molecule has 0 saturated heterocycles. The van der Waals surface area contributed by atoms with E-state index in [1.54, 1.807) is 0 Å². The van der Waals surface area contributed by atoms with E-state index in [1.165, 1.54) is 36.0 Å². The zero-order valence-electron chi connectivity index (χ0n) is 9.31. The summed E-state index contributed by atoms with van der Waals surface area (Å²) in [6.07, 6.45) is 3.74. The Morgan fingerprint density at radius 1 is 1.29 bits per heavy atom. The Balaban J connectivity index is 2.53. The van der Waals surface area contributed by atoms with Crippen LogP contribution in [0.15, 0.2) is 18.2 Å². The minimum atomic E-state index is 0.646. The molecule has 0 aromatic heterocycles. The molecule has 0 amide bonds. The Hall–Kier alpha value is -0.300. The number of hydrogen-bond donors (Lipinski definition) is 0. The molecule has 1 heteroatoms. The van der Waals surface area contributed by atoms with Crippen LogP contribution < -0.4 is 0 Å². The normalized spacial score (nSPS) is 12.9. The molecule has 0 bridgehead atoms. The number of halogens is 1. The van der Waals surface area contributed by atoms with E-state index in [9.17, 15) is 0 Å². The van der Waals surface area contributed by atoms with Gasteiger partial charge in [-0.1, -0.05) is 46.6 Å². The van der Waals surface area contributed by atoms with Crippen molar-refractivity contribution < 1.29 is 0 Å². The van der Waals surface area contributed by atoms with Crippen molar-refractivity contribution in [1.82, 2.24) is 0 Å². The van der Waals surface area contributed by atoms with Crippen LogP contribution in [-0.4, -0.2) is 4.83 Å². The maximum absolute atomic E-state index is 3.58. The fourth-order valence-electron chi connectivity index (χ4n) is 1.64. The summed E-state index contributed by atoms with van der Waals surface area (Å²) in [5, 5.41) is 0. The molecule has 0 heterocycles. The van der Waals surface area contributed by atoms with Gasteiger partial charge in [-0.25, -0.2) is 0 Å². The SMILES string of the molecule is Cc1ccc(C)c(CCCC(C)Br)c1. The highest BCUT2D eigenvalue weighted by atomic mass is 79.9. The van der Waals surface area contributed by atoms with Gasteiger partial charge in [-0.3, -0.25) is 0 Å². The van der Waals surface area contributed by atoms with Crippen LogP contribution in [0, 0.1) is 13.8 Å². The summed E-state index contributed by atoms with van der Waals surface area (Å²) in [5.74, 6) is 0. The minimum Gasteiger partial charge on any atom is -0.0894 e. The van der Waals surface area contributed by atoms with Gasteiger partial charge in [0.2, 0.25) is 0 Å². The highest BCUT2D eigenvalue weighted by Crippen LogP contribution is 2.15. The smallest absolute Gasteiger partial charge is 0.0117 e. The third-order valence-corrected chi connectivity index (χ3v) is 3.01. The van der Waals surface area contributed by atoms with Gasteiger partial charge in [0.25, 0.3) is 0 Å². The van der Waals surface area contributed by atoms with Gasteiger partial charge < -0.3 is 0 Å². The molecule has 0 aliphatic carbocycles. The predicted molar refractivity (Wildman–Crippen MR) is 67.2 cm³/mol. The number of rotatable bonds is 4. The molecule has 78 valence electrons. The van der Waals surface area contributed by atoms with Gasteiger partial charge in [0.1, 0.15) is 0 Å².